The van der Waals surface area contributed by atoms with Crippen LogP contribution in [0.3, 0.4) is 0 Å². The predicted octanol–water partition coefficient (Wildman–Crippen LogP) is 5.31. The van der Waals surface area contributed by atoms with Gasteiger partial charge in [-0.1, -0.05) is 18.2 Å². The van der Waals surface area contributed by atoms with Crippen LogP contribution in [0.4, 0.5) is 10.1 Å². The van der Waals surface area contributed by atoms with Crippen molar-refractivity contribution in [2.45, 2.75) is 20.4 Å². The van der Waals surface area contributed by atoms with Crippen LogP contribution in [0.25, 0.3) is 20.7 Å². The van der Waals surface area contributed by atoms with E-state index in [1.165, 1.54) is 35.7 Å². The average Bonchev–Trinajstić information content (AvgIpc) is 3.15. The molecule has 2 aromatic carbocycles. The van der Waals surface area contributed by atoms with E-state index in [1.807, 2.05) is 0 Å². The molecule has 4 aromatic rings. The van der Waals surface area contributed by atoms with Crippen molar-refractivity contribution in [3.63, 3.8) is 0 Å². The summed E-state index contributed by atoms with van der Waals surface area (Å²) in [7, 11) is 0. The van der Waals surface area contributed by atoms with Crippen molar-refractivity contribution in [2.24, 2.45) is 0 Å². The van der Waals surface area contributed by atoms with Crippen LogP contribution >= 0.6 is 11.3 Å². The van der Waals surface area contributed by atoms with Crippen LogP contribution < -0.4 is 5.43 Å². The maximum atomic E-state index is 14.4. The van der Waals surface area contributed by atoms with Gasteiger partial charge in [0, 0.05) is 28.8 Å². The number of hydrogen-bond donors (Lipinski definition) is 0. The number of carbonyl (C=O) groups excluding carboxylic acids is 1. The third kappa shape index (κ3) is 4.14. The van der Waals surface area contributed by atoms with E-state index in [-0.39, 0.29) is 24.4 Å². The number of aromatic nitrogens is 1. The minimum Gasteiger partial charge on any atom is -0.462 e. The van der Waals surface area contributed by atoms with E-state index in [0.29, 0.717) is 26.9 Å². The summed E-state index contributed by atoms with van der Waals surface area (Å²) in [6, 6.07) is 12.3. The molecule has 0 atom stereocenters. The number of pyridine rings is 1. The van der Waals surface area contributed by atoms with Crippen molar-refractivity contribution in [2.75, 3.05) is 6.61 Å². The highest BCUT2D eigenvalue weighted by Crippen LogP contribution is 2.38. The molecular weight excluding hydrogens is 447 g/mol. The second kappa shape index (κ2) is 8.95. The summed E-state index contributed by atoms with van der Waals surface area (Å²) in [4.78, 5) is 37.6. The number of halogens is 1. The lowest BCUT2D eigenvalue weighted by Crippen LogP contribution is -2.21. The van der Waals surface area contributed by atoms with Gasteiger partial charge in [0.25, 0.3) is 5.69 Å². The number of rotatable bonds is 6. The van der Waals surface area contributed by atoms with Gasteiger partial charge in [-0.2, -0.15) is 0 Å². The van der Waals surface area contributed by atoms with Crippen LogP contribution in [0.2, 0.25) is 0 Å². The van der Waals surface area contributed by atoms with Gasteiger partial charge in [-0.05, 0) is 43.2 Å². The van der Waals surface area contributed by atoms with Gasteiger partial charge in [-0.15, -0.1) is 11.3 Å². The first-order valence-corrected chi connectivity index (χ1v) is 10.9. The van der Waals surface area contributed by atoms with E-state index in [1.54, 1.807) is 48.7 Å². The van der Waals surface area contributed by atoms with Gasteiger partial charge >= 0.3 is 5.97 Å². The number of nitro benzene ring substituents is 1. The predicted molar refractivity (Wildman–Crippen MR) is 124 cm³/mol. The molecule has 0 radical (unpaired) electrons. The monoisotopic (exact) mass is 466 g/mol. The van der Waals surface area contributed by atoms with Crippen molar-refractivity contribution in [3.05, 3.63) is 97.6 Å². The molecule has 9 heteroatoms. The number of carbonyl (C=O) groups is 1. The minimum atomic E-state index is -0.742. The Balaban J connectivity index is 1.95. The van der Waals surface area contributed by atoms with Crippen LogP contribution in [0, 0.1) is 22.9 Å². The van der Waals surface area contributed by atoms with E-state index in [2.05, 4.69) is 0 Å². The number of nitro groups is 1. The van der Waals surface area contributed by atoms with Gasteiger partial charge in [0.15, 0.2) is 0 Å². The number of ether oxygens (including phenoxy) is 1. The Kier molecular flexibility index (Phi) is 6.06. The molecule has 0 aliphatic heterocycles. The molecule has 33 heavy (non-hydrogen) atoms. The fourth-order valence-electron chi connectivity index (χ4n) is 3.67. The molecule has 0 saturated carbocycles. The summed E-state index contributed by atoms with van der Waals surface area (Å²) in [6.45, 7) is 3.63. The number of non-ortho nitro benzene ring substituents is 1. The van der Waals surface area contributed by atoms with Crippen molar-refractivity contribution in [1.82, 2.24) is 4.57 Å². The smallest absolute Gasteiger partial charge is 0.343 e. The zero-order valence-electron chi connectivity index (χ0n) is 17.8. The van der Waals surface area contributed by atoms with Crippen molar-refractivity contribution >= 4 is 33.2 Å². The van der Waals surface area contributed by atoms with Crippen LogP contribution in [-0.4, -0.2) is 22.1 Å². The summed E-state index contributed by atoms with van der Waals surface area (Å²) in [5, 5.41) is 11.3. The maximum Gasteiger partial charge on any atom is 0.343 e. The van der Waals surface area contributed by atoms with Crippen LogP contribution in [0.15, 0.2) is 59.5 Å². The highest BCUT2D eigenvalue weighted by molar-refractivity contribution is 7.22. The normalized spacial score (nSPS) is 11.0. The summed E-state index contributed by atoms with van der Waals surface area (Å²) >= 11 is 1.31. The van der Waals surface area contributed by atoms with Crippen LogP contribution in [-0.2, 0) is 11.3 Å². The lowest BCUT2D eigenvalue weighted by Gasteiger charge is -2.11. The molecule has 0 saturated heterocycles. The molecule has 168 valence electrons. The summed E-state index contributed by atoms with van der Waals surface area (Å²) in [5.41, 5.74) is 1.12. The molecular formula is C24H19FN2O5S. The molecule has 2 aromatic heterocycles. The Bertz CT molecular complexity index is 1440. The fraction of sp³-hybridized carbons (Fsp3) is 0.167. The number of hydrogen-bond acceptors (Lipinski definition) is 6. The zero-order valence-corrected chi connectivity index (χ0v) is 18.6. The first-order chi connectivity index (χ1) is 15.8. The molecule has 0 spiro atoms. The number of nitrogens with zero attached hydrogens (tertiary/aromatic N) is 2. The highest BCUT2D eigenvalue weighted by atomic mass is 32.1. The summed E-state index contributed by atoms with van der Waals surface area (Å²) in [6.07, 6.45) is 1.41. The Hall–Kier alpha value is -3.85. The SMILES string of the molecule is CCOC(=O)c1cn(Cc2ccccc2F)c2sc(-c3ccc([N+](=O)[O-])cc3)c(C)c2c1=O. The fourth-order valence-corrected chi connectivity index (χ4v) is 4.95. The van der Waals surface area contributed by atoms with Gasteiger partial charge in [0.05, 0.1) is 23.5 Å². The lowest BCUT2D eigenvalue weighted by atomic mass is 10.1. The zero-order chi connectivity index (χ0) is 23.7. The summed E-state index contributed by atoms with van der Waals surface area (Å²) < 4.78 is 21.1. The molecule has 0 N–H and O–H groups in total. The molecule has 7 nitrogen and oxygen atoms in total. The standard InChI is InChI=1S/C24H19FN2O5S/c1-3-32-24(29)18-13-26(12-16-6-4-5-7-19(16)25)23-20(21(18)28)14(2)22(33-23)15-8-10-17(11-9-15)27(30)31/h4-11,13H,3,12H2,1-2H3. The second-order valence-electron chi connectivity index (χ2n) is 7.35. The molecule has 0 aliphatic carbocycles. The Morgan fingerprint density at radius 2 is 1.88 bits per heavy atom. The third-order valence-electron chi connectivity index (χ3n) is 5.28. The first kappa shape index (κ1) is 22.3. The maximum absolute atomic E-state index is 14.4. The number of esters is 1. The lowest BCUT2D eigenvalue weighted by molar-refractivity contribution is -0.384. The van der Waals surface area contributed by atoms with Crippen LogP contribution in [0.5, 0.6) is 0 Å². The number of aryl methyl sites for hydroxylation is 1. The van der Waals surface area contributed by atoms with Crippen molar-refractivity contribution in [1.29, 1.82) is 0 Å². The number of thiophene rings is 1. The molecule has 0 aliphatic rings. The van der Waals surface area contributed by atoms with Gasteiger partial charge in [-0.25, -0.2) is 9.18 Å². The second-order valence-corrected chi connectivity index (χ2v) is 8.35. The topological polar surface area (TPSA) is 91.4 Å². The number of fused-ring (bicyclic) bond motifs is 1. The van der Waals surface area contributed by atoms with E-state index < -0.39 is 22.1 Å². The van der Waals surface area contributed by atoms with Gasteiger partial charge in [-0.3, -0.25) is 14.9 Å². The van der Waals surface area contributed by atoms with Gasteiger partial charge < -0.3 is 9.30 Å². The highest BCUT2D eigenvalue weighted by Gasteiger charge is 2.22. The van der Waals surface area contributed by atoms with E-state index in [4.69, 9.17) is 4.74 Å². The minimum absolute atomic E-state index is 0.0405. The van der Waals surface area contributed by atoms with E-state index >= 15 is 0 Å². The van der Waals surface area contributed by atoms with E-state index in [9.17, 15) is 24.1 Å². The van der Waals surface area contributed by atoms with Crippen molar-refractivity contribution in [3.8, 4) is 10.4 Å². The molecule has 0 bridgehead atoms. The largest absolute Gasteiger partial charge is 0.462 e. The van der Waals surface area contributed by atoms with E-state index in [0.717, 1.165) is 4.88 Å². The third-order valence-corrected chi connectivity index (χ3v) is 6.66. The van der Waals surface area contributed by atoms with Crippen LogP contribution in [0.1, 0.15) is 28.4 Å². The molecule has 0 fully saturated rings. The molecule has 4 rings (SSSR count). The Morgan fingerprint density at radius 1 is 1.18 bits per heavy atom. The first-order valence-electron chi connectivity index (χ1n) is 10.1. The number of benzene rings is 2. The average molecular weight is 466 g/mol. The molecule has 2 heterocycles. The molecule has 0 unspecified atom stereocenters. The quantitative estimate of drug-likeness (QED) is 0.218. The summed E-state index contributed by atoms with van der Waals surface area (Å²) in [5.74, 6) is -1.14. The van der Waals surface area contributed by atoms with Crippen molar-refractivity contribution < 1.29 is 18.8 Å². The molecule has 0 amide bonds. The Morgan fingerprint density at radius 3 is 2.52 bits per heavy atom. The Labute approximate surface area is 191 Å². The van der Waals surface area contributed by atoms with Gasteiger partial charge in [0.2, 0.25) is 5.43 Å². The van der Waals surface area contributed by atoms with Gasteiger partial charge in [0.1, 0.15) is 16.2 Å².